The fraction of sp³-hybridized carbons (Fsp3) is 0.333. The molecule has 1 fully saturated rings. The number of urea groups is 1. The zero-order chi connectivity index (χ0) is 20.1. The number of aromatic carboxylic acids is 1. The molecule has 28 heavy (non-hydrogen) atoms. The number of benzene rings is 1. The van der Waals surface area contributed by atoms with Crippen LogP contribution >= 0.6 is 11.3 Å². The van der Waals surface area contributed by atoms with E-state index < -0.39 is 16.0 Å². The van der Waals surface area contributed by atoms with Gasteiger partial charge in [-0.1, -0.05) is 12.8 Å². The molecule has 10 heteroatoms. The largest absolute Gasteiger partial charge is 0.478 e. The molecule has 1 saturated heterocycles. The molecule has 0 radical (unpaired) electrons. The minimum Gasteiger partial charge on any atom is -0.478 e. The number of likely N-dealkylation sites (tertiary alicyclic amines) is 1. The van der Waals surface area contributed by atoms with E-state index in [2.05, 4.69) is 10.0 Å². The molecule has 150 valence electrons. The summed E-state index contributed by atoms with van der Waals surface area (Å²) in [4.78, 5) is 25.0. The number of rotatable bonds is 5. The van der Waals surface area contributed by atoms with Gasteiger partial charge in [0.05, 0.1) is 5.56 Å². The molecular weight excluding hydrogens is 402 g/mol. The van der Waals surface area contributed by atoms with Gasteiger partial charge >= 0.3 is 12.0 Å². The normalized spacial score (nSPS) is 14.9. The van der Waals surface area contributed by atoms with Crippen molar-refractivity contribution >= 4 is 44.7 Å². The fourth-order valence-electron chi connectivity index (χ4n) is 2.87. The van der Waals surface area contributed by atoms with Gasteiger partial charge in [0.2, 0.25) is 0 Å². The molecule has 3 rings (SSSR count). The van der Waals surface area contributed by atoms with Gasteiger partial charge in [-0.05, 0) is 43.2 Å². The fourth-order valence-corrected chi connectivity index (χ4v) is 5.09. The van der Waals surface area contributed by atoms with Gasteiger partial charge < -0.3 is 15.3 Å². The monoisotopic (exact) mass is 423 g/mol. The second-order valence-electron chi connectivity index (χ2n) is 6.47. The summed E-state index contributed by atoms with van der Waals surface area (Å²) in [5, 5.41) is 13.0. The van der Waals surface area contributed by atoms with E-state index in [0.29, 0.717) is 11.4 Å². The second-order valence-corrected chi connectivity index (χ2v) is 9.29. The third-order valence-electron chi connectivity index (χ3n) is 4.37. The molecule has 1 aromatic heterocycles. The topological polar surface area (TPSA) is 116 Å². The lowest BCUT2D eigenvalue weighted by atomic mass is 10.2. The van der Waals surface area contributed by atoms with Crippen LogP contribution in [0.25, 0.3) is 0 Å². The van der Waals surface area contributed by atoms with E-state index in [1.165, 1.54) is 5.38 Å². The second kappa shape index (κ2) is 8.61. The Bertz CT molecular complexity index is 946. The highest BCUT2D eigenvalue weighted by molar-refractivity contribution is 7.94. The van der Waals surface area contributed by atoms with Crippen molar-refractivity contribution < 1.29 is 23.1 Å². The Morgan fingerprint density at radius 2 is 1.61 bits per heavy atom. The molecule has 2 aromatic rings. The van der Waals surface area contributed by atoms with Gasteiger partial charge in [0.1, 0.15) is 4.21 Å². The minimum absolute atomic E-state index is 0.0723. The number of thiophene rings is 1. The zero-order valence-electron chi connectivity index (χ0n) is 15.1. The first-order chi connectivity index (χ1) is 13.3. The third-order valence-corrected chi connectivity index (χ3v) is 7.19. The van der Waals surface area contributed by atoms with Crippen LogP contribution in [-0.2, 0) is 10.0 Å². The van der Waals surface area contributed by atoms with Gasteiger partial charge in [0.25, 0.3) is 10.0 Å². The number of hydrogen-bond acceptors (Lipinski definition) is 5. The number of carbonyl (C=O) groups excluding carboxylic acids is 1. The van der Waals surface area contributed by atoms with E-state index in [9.17, 15) is 18.0 Å². The van der Waals surface area contributed by atoms with Gasteiger partial charge in [-0.3, -0.25) is 4.72 Å². The number of carbonyl (C=O) groups is 2. The summed E-state index contributed by atoms with van der Waals surface area (Å²) >= 11 is 0.839. The van der Waals surface area contributed by atoms with Crippen molar-refractivity contribution in [2.24, 2.45) is 0 Å². The summed E-state index contributed by atoms with van der Waals surface area (Å²) < 4.78 is 27.1. The Kier molecular flexibility index (Phi) is 6.20. The van der Waals surface area contributed by atoms with Gasteiger partial charge in [0, 0.05) is 29.8 Å². The Balaban J connectivity index is 1.63. The maximum Gasteiger partial charge on any atom is 0.336 e. The van der Waals surface area contributed by atoms with Crippen LogP contribution in [0.5, 0.6) is 0 Å². The summed E-state index contributed by atoms with van der Waals surface area (Å²) in [6, 6.07) is 7.28. The van der Waals surface area contributed by atoms with Crippen molar-refractivity contribution in [2.45, 2.75) is 29.9 Å². The van der Waals surface area contributed by atoms with Crippen LogP contribution in [0.3, 0.4) is 0 Å². The van der Waals surface area contributed by atoms with E-state index in [-0.39, 0.29) is 15.8 Å². The summed E-state index contributed by atoms with van der Waals surface area (Å²) in [5.41, 5.74) is 0.816. The molecule has 2 amide bonds. The molecule has 0 atom stereocenters. The molecule has 3 N–H and O–H groups in total. The quantitative estimate of drug-likeness (QED) is 0.679. The Hall–Kier alpha value is -2.59. The summed E-state index contributed by atoms with van der Waals surface area (Å²) in [7, 11) is -3.87. The smallest absolute Gasteiger partial charge is 0.336 e. The average Bonchev–Trinajstić information content (AvgIpc) is 3.01. The van der Waals surface area contributed by atoms with Crippen LogP contribution in [0.1, 0.15) is 36.0 Å². The van der Waals surface area contributed by atoms with Gasteiger partial charge in [-0.25, -0.2) is 18.0 Å². The number of nitrogens with zero attached hydrogens (tertiary/aromatic N) is 1. The van der Waals surface area contributed by atoms with Gasteiger partial charge in [0.15, 0.2) is 0 Å². The Morgan fingerprint density at radius 1 is 1.00 bits per heavy atom. The van der Waals surface area contributed by atoms with Crippen molar-refractivity contribution in [1.29, 1.82) is 0 Å². The SMILES string of the molecule is O=C(O)c1csc(S(=O)(=O)Nc2ccc(NC(=O)N3CCCCCC3)cc2)c1. The lowest BCUT2D eigenvalue weighted by Crippen LogP contribution is -2.35. The van der Waals surface area contributed by atoms with Crippen LogP contribution in [0.15, 0.2) is 39.9 Å². The number of hydrogen-bond donors (Lipinski definition) is 3. The average molecular weight is 424 g/mol. The molecule has 1 aliphatic heterocycles. The highest BCUT2D eigenvalue weighted by atomic mass is 32.2. The molecule has 1 aliphatic rings. The van der Waals surface area contributed by atoms with E-state index in [0.717, 1.165) is 56.2 Å². The van der Waals surface area contributed by atoms with Crippen molar-refractivity contribution in [2.75, 3.05) is 23.1 Å². The molecule has 0 spiro atoms. The molecule has 2 heterocycles. The number of carboxylic acid groups (broad SMARTS) is 1. The molecule has 0 bridgehead atoms. The summed E-state index contributed by atoms with van der Waals surface area (Å²) in [6.45, 7) is 1.48. The number of anilines is 2. The maximum atomic E-state index is 12.4. The van der Waals surface area contributed by atoms with Gasteiger partial charge in [-0.15, -0.1) is 11.3 Å². The zero-order valence-corrected chi connectivity index (χ0v) is 16.7. The molecule has 0 unspecified atom stereocenters. The van der Waals surface area contributed by atoms with E-state index in [1.807, 2.05) is 0 Å². The molecular formula is C18H21N3O5S2. The lowest BCUT2D eigenvalue weighted by molar-refractivity contribution is 0.0697. The Morgan fingerprint density at radius 3 is 2.18 bits per heavy atom. The summed E-state index contributed by atoms with van der Waals surface area (Å²) in [6.07, 6.45) is 4.27. The van der Waals surface area contributed by atoms with Crippen LogP contribution in [0, 0.1) is 0 Å². The van der Waals surface area contributed by atoms with Crippen molar-refractivity contribution in [3.63, 3.8) is 0 Å². The number of carboxylic acids is 1. The predicted molar refractivity (Wildman–Crippen MR) is 108 cm³/mol. The van der Waals surface area contributed by atoms with E-state index >= 15 is 0 Å². The highest BCUT2D eigenvalue weighted by Gasteiger charge is 2.19. The first-order valence-electron chi connectivity index (χ1n) is 8.86. The van der Waals surface area contributed by atoms with Crippen LogP contribution < -0.4 is 10.0 Å². The van der Waals surface area contributed by atoms with Crippen LogP contribution in [-0.4, -0.2) is 43.5 Å². The first-order valence-corrected chi connectivity index (χ1v) is 11.2. The van der Waals surface area contributed by atoms with Crippen molar-refractivity contribution in [3.8, 4) is 0 Å². The highest BCUT2D eigenvalue weighted by Crippen LogP contribution is 2.24. The number of sulfonamides is 1. The Labute approximate surface area is 167 Å². The minimum atomic E-state index is -3.87. The van der Waals surface area contributed by atoms with Gasteiger partial charge in [-0.2, -0.15) is 0 Å². The molecule has 0 saturated carbocycles. The van der Waals surface area contributed by atoms with E-state index in [1.54, 1.807) is 29.2 Å². The first kappa shape index (κ1) is 20.2. The number of nitrogens with one attached hydrogen (secondary N) is 2. The molecule has 1 aromatic carbocycles. The van der Waals surface area contributed by atoms with E-state index in [4.69, 9.17) is 5.11 Å². The van der Waals surface area contributed by atoms with Crippen molar-refractivity contribution in [3.05, 3.63) is 41.3 Å². The maximum absolute atomic E-state index is 12.4. The predicted octanol–water partition coefficient (Wildman–Crippen LogP) is 3.66. The number of amides is 2. The van der Waals surface area contributed by atoms with Crippen LogP contribution in [0.4, 0.5) is 16.2 Å². The standard InChI is InChI=1S/C18H21N3O5S2/c22-17(23)13-11-16(27-12-13)28(25,26)20-15-7-5-14(6-8-15)19-18(24)21-9-3-1-2-4-10-21/h5-8,11-12,20H,1-4,9-10H2,(H,19,24)(H,22,23). The lowest BCUT2D eigenvalue weighted by Gasteiger charge is -2.20. The molecule has 8 nitrogen and oxygen atoms in total. The summed E-state index contributed by atoms with van der Waals surface area (Å²) in [5.74, 6) is -1.18. The molecule has 0 aliphatic carbocycles. The van der Waals surface area contributed by atoms with Crippen molar-refractivity contribution in [1.82, 2.24) is 4.90 Å². The van der Waals surface area contributed by atoms with Crippen LogP contribution in [0.2, 0.25) is 0 Å². The third kappa shape index (κ3) is 5.02.